The highest BCUT2D eigenvalue weighted by Gasteiger charge is 1.75. The van der Waals surface area contributed by atoms with Gasteiger partial charge in [0.15, 0.2) is 0 Å². The summed E-state index contributed by atoms with van der Waals surface area (Å²) < 4.78 is 1.18. The Morgan fingerprint density at radius 1 is 1.71 bits per heavy atom. The van der Waals surface area contributed by atoms with Crippen molar-refractivity contribution in [3.63, 3.8) is 0 Å². The lowest BCUT2D eigenvalue weighted by Gasteiger charge is -1.73. The van der Waals surface area contributed by atoms with Crippen LogP contribution in [0.4, 0.5) is 0 Å². The summed E-state index contributed by atoms with van der Waals surface area (Å²) in [5.74, 6) is 0. The first kappa shape index (κ1) is 3.88. The molecule has 0 saturated heterocycles. The summed E-state index contributed by atoms with van der Waals surface area (Å²) in [6.45, 7) is 0. The highest BCUT2D eigenvalue weighted by Crippen LogP contribution is 1.68. The molecular formula is C4H2N3. The molecule has 3 heteroatoms. The van der Waals surface area contributed by atoms with Gasteiger partial charge in [0.1, 0.15) is 12.7 Å². The Labute approximate surface area is 41.0 Å². The van der Waals surface area contributed by atoms with Crippen molar-refractivity contribution in [1.82, 2.24) is 14.8 Å². The predicted octanol–water partition coefficient (Wildman–Crippen LogP) is -0.327. The maximum absolute atomic E-state index is 6.47. The molecule has 0 atom stereocenters. The predicted molar refractivity (Wildman–Crippen MR) is 22.6 cm³/mol. The van der Waals surface area contributed by atoms with Gasteiger partial charge in [0.25, 0.3) is 0 Å². The zero-order valence-electron chi connectivity index (χ0n) is 3.50. The summed E-state index contributed by atoms with van der Waals surface area (Å²) in [6.07, 6.45) is 9.22. The summed E-state index contributed by atoms with van der Waals surface area (Å²) in [4.78, 5) is 3.56. The van der Waals surface area contributed by atoms with Gasteiger partial charge < -0.3 is 0 Å². The van der Waals surface area contributed by atoms with E-state index in [-0.39, 0.29) is 0 Å². The highest BCUT2D eigenvalue weighted by atomic mass is 15.3. The van der Waals surface area contributed by atoms with Crippen molar-refractivity contribution in [3.05, 3.63) is 19.1 Å². The summed E-state index contributed by atoms with van der Waals surface area (Å²) in [5.41, 5.74) is 0. The molecule has 0 amide bonds. The van der Waals surface area contributed by atoms with E-state index < -0.39 is 0 Å². The van der Waals surface area contributed by atoms with Crippen molar-refractivity contribution >= 4 is 0 Å². The van der Waals surface area contributed by atoms with Gasteiger partial charge >= 0.3 is 0 Å². The second-order valence-electron chi connectivity index (χ2n) is 0.952. The van der Waals surface area contributed by atoms with Gasteiger partial charge in [0.05, 0.1) is 6.04 Å². The molecule has 0 aliphatic carbocycles. The van der Waals surface area contributed by atoms with Crippen molar-refractivity contribution in [2.24, 2.45) is 0 Å². The molecule has 0 aliphatic heterocycles. The molecule has 0 saturated carbocycles. The second kappa shape index (κ2) is 1.43. The van der Waals surface area contributed by atoms with Gasteiger partial charge in [-0.2, -0.15) is 4.68 Å². The summed E-state index contributed by atoms with van der Waals surface area (Å²) in [7, 11) is 0. The van der Waals surface area contributed by atoms with Crippen molar-refractivity contribution in [2.75, 3.05) is 0 Å². The van der Waals surface area contributed by atoms with Crippen LogP contribution in [0, 0.1) is 12.5 Å². The van der Waals surface area contributed by atoms with E-state index in [0.29, 0.717) is 0 Å². The van der Waals surface area contributed by atoms with Crippen LogP contribution >= 0.6 is 0 Å². The van der Waals surface area contributed by atoms with Gasteiger partial charge in [-0.05, 0) is 0 Å². The third-order valence-corrected chi connectivity index (χ3v) is 0.533. The number of rotatable bonds is 0. The van der Waals surface area contributed by atoms with Crippen molar-refractivity contribution in [3.8, 4) is 6.04 Å². The molecule has 1 aromatic rings. The van der Waals surface area contributed by atoms with Crippen LogP contribution in [0.2, 0.25) is 0 Å². The van der Waals surface area contributed by atoms with Crippen LogP contribution in [0.5, 0.6) is 0 Å². The van der Waals surface area contributed by atoms with Crippen LogP contribution < -0.4 is 0 Å². The van der Waals surface area contributed by atoms with Crippen LogP contribution in [-0.4, -0.2) is 14.8 Å². The Kier molecular flexibility index (Phi) is 0.794. The van der Waals surface area contributed by atoms with Crippen molar-refractivity contribution in [2.45, 2.75) is 0 Å². The Morgan fingerprint density at radius 3 is 2.86 bits per heavy atom. The fraction of sp³-hybridized carbons (Fsp3) is 0. The van der Waals surface area contributed by atoms with E-state index in [0.717, 1.165) is 0 Å². The first-order chi connectivity index (χ1) is 3.43. The number of aromatic nitrogens is 3. The van der Waals surface area contributed by atoms with Crippen LogP contribution in [0.1, 0.15) is 0 Å². The Balaban J connectivity index is 3.04. The molecule has 0 N–H and O–H groups in total. The molecule has 0 bridgehead atoms. The smallest absolute Gasteiger partial charge is 0.138 e. The van der Waals surface area contributed by atoms with Crippen LogP contribution in [-0.2, 0) is 0 Å². The third-order valence-electron chi connectivity index (χ3n) is 0.533. The minimum Gasteiger partial charge on any atom is -0.222 e. The molecule has 1 radical (unpaired) electrons. The first-order valence-corrected chi connectivity index (χ1v) is 1.71. The standard InChI is InChI=1S/C4H2N3/c1-2-7-4-5-3-6-7/h3-4H. The zero-order chi connectivity index (χ0) is 5.11. The zero-order valence-corrected chi connectivity index (χ0v) is 3.50. The van der Waals surface area contributed by atoms with Gasteiger partial charge in [-0.3, -0.25) is 0 Å². The average Bonchev–Trinajstić information content (AvgIpc) is 2.14. The van der Waals surface area contributed by atoms with Crippen molar-refractivity contribution < 1.29 is 0 Å². The lowest BCUT2D eigenvalue weighted by molar-refractivity contribution is 0.915. The lowest BCUT2D eigenvalue weighted by atomic mass is 11.1. The number of hydrogen-bond acceptors (Lipinski definition) is 2. The molecule has 1 aromatic heterocycles. The molecule has 0 unspecified atom stereocenters. The molecular weight excluding hydrogens is 90.1 g/mol. The van der Waals surface area contributed by atoms with Crippen LogP contribution in [0.25, 0.3) is 0 Å². The molecule has 0 aliphatic rings. The fourth-order valence-electron chi connectivity index (χ4n) is 0.266. The highest BCUT2D eigenvalue weighted by molar-refractivity contribution is 4.77. The van der Waals surface area contributed by atoms with E-state index in [1.807, 2.05) is 6.04 Å². The van der Waals surface area contributed by atoms with Gasteiger partial charge in [-0.25, -0.2) is 4.98 Å². The van der Waals surface area contributed by atoms with Gasteiger partial charge in [0, 0.05) is 6.42 Å². The fourth-order valence-corrected chi connectivity index (χ4v) is 0.266. The topological polar surface area (TPSA) is 30.7 Å². The molecule has 1 rings (SSSR count). The number of nitrogens with zero attached hydrogens (tertiary/aromatic N) is 3. The van der Waals surface area contributed by atoms with Gasteiger partial charge in [0.2, 0.25) is 0 Å². The van der Waals surface area contributed by atoms with E-state index in [4.69, 9.17) is 6.42 Å². The molecule has 7 heavy (non-hydrogen) atoms. The first-order valence-electron chi connectivity index (χ1n) is 1.71. The normalized spacial score (nSPS) is 7.86. The molecule has 0 aromatic carbocycles. The van der Waals surface area contributed by atoms with Gasteiger partial charge in [-0.1, -0.05) is 0 Å². The maximum atomic E-state index is 6.47. The molecule has 1 heterocycles. The Hall–Kier alpha value is -1.30. The Morgan fingerprint density at radius 2 is 2.57 bits per heavy atom. The number of hydrogen-bond donors (Lipinski definition) is 0. The van der Waals surface area contributed by atoms with E-state index in [1.54, 1.807) is 0 Å². The van der Waals surface area contributed by atoms with E-state index >= 15 is 0 Å². The van der Waals surface area contributed by atoms with E-state index in [9.17, 15) is 0 Å². The molecule has 33 valence electrons. The molecule has 3 nitrogen and oxygen atoms in total. The minimum absolute atomic E-state index is 1.18. The quantitative estimate of drug-likeness (QED) is 0.410. The monoisotopic (exact) mass is 92.0 g/mol. The van der Waals surface area contributed by atoms with Crippen LogP contribution in [0.3, 0.4) is 0 Å². The second-order valence-corrected chi connectivity index (χ2v) is 0.952. The largest absolute Gasteiger partial charge is 0.222 e. The third kappa shape index (κ3) is 0.578. The Bertz CT molecular complexity index is 169. The molecule has 0 fully saturated rings. The summed E-state index contributed by atoms with van der Waals surface area (Å²) in [5, 5.41) is 3.54. The van der Waals surface area contributed by atoms with Crippen molar-refractivity contribution in [1.29, 1.82) is 0 Å². The summed E-state index contributed by atoms with van der Waals surface area (Å²) >= 11 is 0. The maximum Gasteiger partial charge on any atom is 0.138 e. The lowest BCUT2D eigenvalue weighted by Crippen LogP contribution is -1.84. The van der Waals surface area contributed by atoms with Gasteiger partial charge in [-0.15, -0.1) is 5.10 Å². The SMILES string of the molecule is [C]#Cn1cncn1. The minimum atomic E-state index is 1.18. The van der Waals surface area contributed by atoms with E-state index in [1.165, 1.54) is 17.3 Å². The average molecular weight is 92.1 g/mol. The molecule has 0 spiro atoms. The summed E-state index contributed by atoms with van der Waals surface area (Å²) in [6, 6.07) is 2.00. The van der Waals surface area contributed by atoms with E-state index in [2.05, 4.69) is 10.1 Å². The van der Waals surface area contributed by atoms with Crippen LogP contribution in [0.15, 0.2) is 12.7 Å².